The van der Waals surface area contributed by atoms with E-state index in [0.717, 1.165) is 17.7 Å². The van der Waals surface area contributed by atoms with Crippen molar-refractivity contribution in [1.82, 2.24) is 10.7 Å². The highest BCUT2D eigenvalue weighted by atomic mass is 32.1. The van der Waals surface area contributed by atoms with Gasteiger partial charge in [-0.1, -0.05) is 60.7 Å². The summed E-state index contributed by atoms with van der Waals surface area (Å²) >= 11 is 5.24. The zero-order valence-corrected chi connectivity index (χ0v) is 11.7. The molecule has 20 heavy (non-hydrogen) atoms. The third-order valence-electron chi connectivity index (χ3n) is 3.30. The Morgan fingerprint density at radius 3 is 2.30 bits per heavy atom. The molecular weight excluding hydrogens is 266 g/mol. The lowest BCUT2D eigenvalue weighted by atomic mass is 9.97. The summed E-state index contributed by atoms with van der Waals surface area (Å²) in [7, 11) is 0. The first-order chi connectivity index (χ1) is 9.83. The van der Waals surface area contributed by atoms with Crippen LogP contribution < -0.4 is 10.7 Å². The average molecular weight is 281 g/mol. The molecule has 0 aromatic heterocycles. The Kier molecular flexibility index (Phi) is 3.74. The van der Waals surface area contributed by atoms with Gasteiger partial charge in [-0.25, -0.2) is 0 Å². The summed E-state index contributed by atoms with van der Waals surface area (Å²) in [6.07, 6.45) is 0.793. The Balaban J connectivity index is 1.91. The van der Waals surface area contributed by atoms with Gasteiger partial charge in [-0.2, -0.15) is 5.10 Å². The van der Waals surface area contributed by atoms with Crippen LogP contribution in [0.2, 0.25) is 0 Å². The maximum Gasteiger partial charge on any atom is 0.187 e. The molecule has 0 fully saturated rings. The Labute approximate surface area is 123 Å². The van der Waals surface area contributed by atoms with E-state index in [0.29, 0.717) is 5.11 Å². The quantitative estimate of drug-likeness (QED) is 0.831. The zero-order chi connectivity index (χ0) is 13.8. The van der Waals surface area contributed by atoms with Crippen LogP contribution in [0.3, 0.4) is 0 Å². The molecule has 4 heteroatoms. The summed E-state index contributed by atoms with van der Waals surface area (Å²) in [6.45, 7) is 0. The zero-order valence-electron chi connectivity index (χ0n) is 10.9. The second-order valence-corrected chi connectivity index (χ2v) is 5.09. The second-order valence-electron chi connectivity index (χ2n) is 4.68. The fourth-order valence-electron chi connectivity index (χ4n) is 2.30. The number of benzene rings is 2. The van der Waals surface area contributed by atoms with Crippen molar-refractivity contribution in [2.75, 3.05) is 0 Å². The van der Waals surface area contributed by atoms with Gasteiger partial charge < -0.3 is 5.32 Å². The number of rotatable bonds is 2. The SMILES string of the molecule is S=C1NN=C(c2ccccc2)CC(c2ccccc2)N1. The van der Waals surface area contributed by atoms with Gasteiger partial charge in [-0.15, -0.1) is 0 Å². The fraction of sp³-hybridized carbons (Fsp3) is 0.125. The van der Waals surface area contributed by atoms with E-state index >= 15 is 0 Å². The van der Waals surface area contributed by atoms with E-state index in [9.17, 15) is 0 Å². The molecule has 3 rings (SSSR count). The first-order valence-electron chi connectivity index (χ1n) is 6.56. The number of nitrogens with one attached hydrogen (secondary N) is 2. The standard InChI is InChI=1S/C16H15N3S/c20-16-17-14(12-7-3-1-4-8-12)11-15(18-19-16)13-9-5-2-6-10-13/h1-10,14H,11H2,(H2,17,19,20). The maximum atomic E-state index is 5.24. The largest absolute Gasteiger partial charge is 0.354 e. The summed E-state index contributed by atoms with van der Waals surface area (Å²) < 4.78 is 0. The van der Waals surface area contributed by atoms with E-state index < -0.39 is 0 Å². The van der Waals surface area contributed by atoms with E-state index in [1.165, 1.54) is 5.56 Å². The molecule has 2 N–H and O–H groups in total. The predicted molar refractivity (Wildman–Crippen MR) is 85.6 cm³/mol. The number of hydrogen-bond donors (Lipinski definition) is 2. The highest BCUT2D eigenvalue weighted by Crippen LogP contribution is 2.21. The Morgan fingerprint density at radius 1 is 0.950 bits per heavy atom. The van der Waals surface area contributed by atoms with Crippen molar-refractivity contribution in [2.45, 2.75) is 12.5 Å². The normalized spacial score (nSPS) is 18.5. The molecule has 0 radical (unpaired) electrons. The van der Waals surface area contributed by atoms with Gasteiger partial charge >= 0.3 is 0 Å². The van der Waals surface area contributed by atoms with Gasteiger partial charge in [-0.05, 0) is 23.3 Å². The van der Waals surface area contributed by atoms with Gasteiger partial charge in [0.25, 0.3) is 0 Å². The van der Waals surface area contributed by atoms with Crippen LogP contribution in [-0.4, -0.2) is 10.8 Å². The molecule has 1 heterocycles. The monoisotopic (exact) mass is 281 g/mol. The second kappa shape index (κ2) is 5.84. The third-order valence-corrected chi connectivity index (χ3v) is 3.51. The number of hydrogen-bond acceptors (Lipinski definition) is 2. The molecule has 3 nitrogen and oxygen atoms in total. The molecule has 0 bridgehead atoms. The molecule has 0 spiro atoms. The van der Waals surface area contributed by atoms with Crippen molar-refractivity contribution in [1.29, 1.82) is 0 Å². The van der Waals surface area contributed by atoms with Crippen molar-refractivity contribution in [3.8, 4) is 0 Å². The van der Waals surface area contributed by atoms with Crippen LogP contribution in [0.25, 0.3) is 0 Å². The molecule has 1 aliphatic rings. The topological polar surface area (TPSA) is 36.4 Å². The van der Waals surface area contributed by atoms with Crippen LogP contribution in [-0.2, 0) is 0 Å². The molecule has 0 saturated heterocycles. The highest BCUT2D eigenvalue weighted by Gasteiger charge is 2.19. The van der Waals surface area contributed by atoms with Crippen molar-refractivity contribution >= 4 is 23.0 Å². The number of nitrogens with zero attached hydrogens (tertiary/aromatic N) is 1. The maximum absolute atomic E-state index is 5.24. The Hall–Kier alpha value is -2.20. The van der Waals surface area contributed by atoms with Gasteiger partial charge in [0, 0.05) is 6.42 Å². The summed E-state index contributed by atoms with van der Waals surface area (Å²) in [5, 5.41) is 8.27. The molecule has 1 aliphatic heterocycles. The molecule has 2 aromatic carbocycles. The predicted octanol–water partition coefficient (Wildman–Crippen LogP) is 3.00. The van der Waals surface area contributed by atoms with Crippen LogP contribution in [0, 0.1) is 0 Å². The molecule has 100 valence electrons. The van der Waals surface area contributed by atoms with E-state index in [1.807, 2.05) is 36.4 Å². The van der Waals surface area contributed by atoms with Crippen LogP contribution >= 0.6 is 12.2 Å². The summed E-state index contributed by atoms with van der Waals surface area (Å²) in [4.78, 5) is 0. The van der Waals surface area contributed by atoms with Crippen LogP contribution in [0.15, 0.2) is 65.8 Å². The molecule has 1 unspecified atom stereocenters. The fourth-order valence-corrected chi connectivity index (χ4v) is 2.49. The minimum Gasteiger partial charge on any atom is -0.354 e. The minimum absolute atomic E-state index is 0.137. The Bertz CT molecular complexity index is 623. The number of hydrazone groups is 1. The highest BCUT2D eigenvalue weighted by molar-refractivity contribution is 7.80. The van der Waals surface area contributed by atoms with Crippen LogP contribution in [0.5, 0.6) is 0 Å². The van der Waals surface area contributed by atoms with E-state index in [4.69, 9.17) is 12.2 Å². The number of thiocarbonyl (C=S) groups is 1. The average Bonchev–Trinajstić information content (AvgIpc) is 2.71. The lowest BCUT2D eigenvalue weighted by Gasteiger charge is -2.17. The minimum atomic E-state index is 0.137. The van der Waals surface area contributed by atoms with E-state index in [2.05, 4.69) is 40.1 Å². The van der Waals surface area contributed by atoms with E-state index in [-0.39, 0.29) is 6.04 Å². The lowest BCUT2D eigenvalue weighted by Crippen LogP contribution is -2.33. The first kappa shape index (κ1) is 12.8. The summed E-state index contributed by atoms with van der Waals surface area (Å²) in [5.74, 6) is 0. The van der Waals surface area contributed by atoms with Gasteiger partial charge in [0.05, 0.1) is 11.8 Å². The van der Waals surface area contributed by atoms with E-state index in [1.54, 1.807) is 0 Å². The van der Waals surface area contributed by atoms with Crippen LogP contribution in [0.1, 0.15) is 23.6 Å². The van der Waals surface area contributed by atoms with Crippen molar-refractivity contribution in [3.05, 3.63) is 71.8 Å². The molecule has 0 aliphatic carbocycles. The first-order valence-corrected chi connectivity index (χ1v) is 6.97. The van der Waals surface area contributed by atoms with Crippen LogP contribution in [0.4, 0.5) is 0 Å². The Morgan fingerprint density at radius 2 is 1.60 bits per heavy atom. The molecule has 2 aromatic rings. The van der Waals surface area contributed by atoms with Gasteiger partial charge in [0.2, 0.25) is 0 Å². The third kappa shape index (κ3) is 2.86. The van der Waals surface area contributed by atoms with Crippen molar-refractivity contribution < 1.29 is 0 Å². The van der Waals surface area contributed by atoms with Gasteiger partial charge in [0.1, 0.15) is 0 Å². The van der Waals surface area contributed by atoms with Crippen molar-refractivity contribution in [3.63, 3.8) is 0 Å². The lowest BCUT2D eigenvalue weighted by molar-refractivity contribution is 0.680. The summed E-state index contributed by atoms with van der Waals surface area (Å²) in [5.41, 5.74) is 6.24. The molecule has 0 amide bonds. The molecule has 1 atom stereocenters. The summed E-state index contributed by atoms with van der Waals surface area (Å²) in [6, 6.07) is 20.6. The van der Waals surface area contributed by atoms with Crippen molar-refractivity contribution in [2.24, 2.45) is 5.10 Å². The smallest absolute Gasteiger partial charge is 0.187 e. The molecule has 0 saturated carbocycles. The van der Waals surface area contributed by atoms with Gasteiger partial charge in [0.15, 0.2) is 5.11 Å². The molecular formula is C16H15N3S. The van der Waals surface area contributed by atoms with Gasteiger partial charge in [-0.3, -0.25) is 5.43 Å².